The number of nitrogens with zero attached hydrogens (tertiary/aromatic N) is 1. The van der Waals surface area contributed by atoms with E-state index in [1.165, 1.54) is 49.4 Å². The summed E-state index contributed by atoms with van der Waals surface area (Å²) in [7, 11) is 0. The molecule has 9 heteroatoms. The summed E-state index contributed by atoms with van der Waals surface area (Å²) in [6.07, 6.45) is -1.79. The van der Waals surface area contributed by atoms with Crippen molar-refractivity contribution in [1.29, 1.82) is 0 Å². The summed E-state index contributed by atoms with van der Waals surface area (Å²) in [5.41, 5.74) is 0.988. The molecule has 39 heavy (non-hydrogen) atoms. The molecule has 0 spiro atoms. The molecule has 0 fully saturated rings. The third-order valence-electron chi connectivity index (χ3n) is 5.58. The van der Waals surface area contributed by atoms with Crippen LogP contribution in [-0.2, 0) is 11.0 Å². The van der Waals surface area contributed by atoms with Gasteiger partial charge in [0.1, 0.15) is 5.82 Å². The van der Waals surface area contributed by atoms with Gasteiger partial charge in [0.15, 0.2) is 5.78 Å². The number of hydrogen-bond donors (Lipinski definition) is 2. The minimum atomic E-state index is -4.61. The largest absolute Gasteiger partial charge is 0.416 e. The highest BCUT2D eigenvalue weighted by Crippen LogP contribution is 2.34. The first-order valence-electron chi connectivity index (χ1n) is 11.8. The van der Waals surface area contributed by atoms with Crippen molar-refractivity contribution in [2.75, 3.05) is 10.6 Å². The third-order valence-corrected chi connectivity index (χ3v) is 5.58. The van der Waals surface area contributed by atoms with Crippen LogP contribution in [0.25, 0.3) is 17.2 Å². The molecule has 4 aromatic rings. The molecule has 1 heterocycles. The molecule has 6 nitrogen and oxygen atoms in total. The highest BCUT2D eigenvalue weighted by Gasteiger charge is 2.32. The SMILES string of the molecule is CC(=O)Nc1cccc(/C=C/C(=O)c2ccc(NC(=O)c3cc(C(F)(F)F)ccc3-c3ccccc3)cc2)n1. The second kappa shape index (κ2) is 11.6. The van der Waals surface area contributed by atoms with Gasteiger partial charge in [0.05, 0.1) is 11.3 Å². The van der Waals surface area contributed by atoms with Crippen molar-refractivity contribution in [3.05, 3.63) is 119 Å². The van der Waals surface area contributed by atoms with Gasteiger partial charge in [-0.1, -0.05) is 42.5 Å². The van der Waals surface area contributed by atoms with Gasteiger partial charge in [0, 0.05) is 23.7 Å². The van der Waals surface area contributed by atoms with E-state index in [0.29, 0.717) is 33.9 Å². The minimum Gasteiger partial charge on any atom is -0.322 e. The van der Waals surface area contributed by atoms with E-state index in [4.69, 9.17) is 0 Å². The Morgan fingerprint density at radius 1 is 0.821 bits per heavy atom. The zero-order valence-corrected chi connectivity index (χ0v) is 20.6. The average molecular weight is 530 g/mol. The number of amides is 2. The van der Waals surface area contributed by atoms with Crippen LogP contribution in [0.3, 0.4) is 0 Å². The summed E-state index contributed by atoms with van der Waals surface area (Å²) in [5, 5.41) is 5.17. The summed E-state index contributed by atoms with van der Waals surface area (Å²) >= 11 is 0. The van der Waals surface area contributed by atoms with Crippen molar-refractivity contribution < 1.29 is 27.6 Å². The molecule has 2 N–H and O–H groups in total. The lowest BCUT2D eigenvalue weighted by Gasteiger charge is -2.14. The lowest BCUT2D eigenvalue weighted by Crippen LogP contribution is -2.15. The number of rotatable bonds is 7. The molecule has 1 aromatic heterocycles. The first kappa shape index (κ1) is 27.0. The minimum absolute atomic E-state index is 0.131. The fourth-order valence-electron chi connectivity index (χ4n) is 3.75. The predicted molar refractivity (Wildman–Crippen MR) is 143 cm³/mol. The third kappa shape index (κ3) is 7.04. The molecular weight excluding hydrogens is 507 g/mol. The monoisotopic (exact) mass is 529 g/mol. The fraction of sp³-hybridized carbons (Fsp3) is 0.0667. The maximum absolute atomic E-state index is 13.4. The molecule has 0 unspecified atom stereocenters. The van der Waals surface area contributed by atoms with Gasteiger partial charge in [-0.2, -0.15) is 13.2 Å². The van der Waals surface area contributed by atoms with Gasteiger partial charge in [-0.05, 0) is 71.8 Å². The summed E-state index contributed by atoms with van der Waals surface area (Å²) < 4.78 is 40.1. The Labute approximate surface area is 222 Å². The summed E-state index contributed by atoms with van der Waals surface area (Å²) in [6, 6.07) is 22.6. The van der Waals surface area contributed by atoms with Crippen molar-refractivity contribution in [3.8, 4) is 11.1 Å². The highest BCUT2D eigenvalue weighted by molar-refractivity contribution is 6.10. The number of allylic oxidation sites excluding steroid dienone is 1. The lowest BCUT2D eigenvalue weighted by molar-refractivity contribution is -0.137. The van der Waals surface area contributed by atoms with E-state index in [2.05, 4.69) is 15.6 Å². The topological polar surface area (TPSA) is 88.2 Å². The maximum Gasteiger partial charge on any atom is 0.416 e. The van der Waals surface area contributed by atoms with Gasteiger partial charge in [-0.3, -0.25) is 14.4 Å². The van der Waals surface area contributed by atoms with Crippen LogP contribution in [0.2, 0.25) is 0 Å². The number of ketones is 1. The number of hydrogen-bond acceptors (Lipinski definition) is 4. The number of pyridine rings is 1. The summed E-state index contributed by atoms with van der Waals surface area (Å²) in [4.78, 5) is 41.1. The molecule has 0 aliphatic carbocycles. The second-order valence-electron chi connectivity index (χ2n) is 8.48. The molecule has 0 saturated carbocycles. The van der Waals surface area contributed by atoms with Gasteiger partial charge < -0.3 is 10.6 Å². The van der Waals surface area contributed by atoms with Gasteiger partial charge in [-0.15, -0.1) is 0 Å². The van der Waals surface area contributed by atoms with E-state index in [-0.39, 0.29) is 17.3 Å². The van der Waals surface area contributed by atoms with E-state index in [1.807, 2.05) is 0 Å². The Bertz CT molecular complexity index is 1550. The Morgan fingerprint density at radius 3 is 2.21 bits per heavy atom. The molecule has 0 bridgehead atoms. The maximum atomic E-state index is 13.4. The van der Waals surface area contributed by atoms with Gasteiger partial charge in [0.25, 0.3) is 5.91 Å². The number of carbonyl (C=O) groups is 3. The molecule has 0 atom stereocenters. The number of anilines is 2. The zero-order chi connectivity index (χ0) is 28.0. The Balaban J connectivity index is 1.51. The first-order valence-corrected chi connectivity index (χ1v) is 11.8. The Kier molecular flexibility index (Phi) is 8.00. The molecule has 2 amide bonds. The van der Waals surface area contributed by atoms with E-state index >= 15 is 0 Å². The number of aromatic nitrogens is 1. The first-order chi connectivity index (χ1) is 18.6. The number of benzene rings is 3. The Hall–Kier alpha value is -5.05. The fourth-order valence-corrected chi connectivity index (χ4v) is 3.75. The van der Waals surface area contributed by atoms with E-state index in [1.54, 1.807) is 48.5 Å². The van der Waals surface area contributed by atoms with E-state index < -0.39 is 17.6 Å². The van der Waals surface area contributed by atoms with Crippen LogP contribution >= 0.6 is 0 Å². The van der Waals surface area contributed by atoms with Gasteiger partial charge in [0.2, 0.25) is 5.91 Å². The molecule has 196 valence electrons. The number of nitrogens with one attached hydrogen (secondary N) is 2. The van der Waals surface area contributed by atoms with Crippen LogP contribution < -0.4 is 10.6 Å². The van der Waals surface area contributed by atoms with Crippen LogP contribution in [0, 0.1) is 0 Å². The normalized spacial score (nSPS) is 11.3. The quantitative estimate of drug-likeness (QED) is 0.202. The molecular formula is C30H22F3N3O3. The molecule has 0 saturated heterocycles. The number of alkyl halides is 3. The predicted octanol–water partition coefficient (Wildman–Crippen LogP) is 6.87. The number of carbonyl (C=O) groups excluding carboxylic acids is 3. The van der Waals surface area contributed by atoms with Crippen molar-refractivity contribution in [2.24, 2.45) is 0 Å². The summed E-state index contributed by atoms with van der Waals surface area (Å²) in [5.74, 6) is -0.961. The Morgan fingerprint density at radius 2 is 1.54 bits per heavy atom. The summed E-state index contributed by atoms with van der Waals surface area (Å²) in [6.45, 7) is 1.36. The van der Waals surface area contributed by atoms with Gasteiger partial charge in [-0.25, -0.2) is 4.98 Å². The smallest absolute Gasteiger partial charge is 0.322 e. The van der Waals surface area contributed by atoms with Crippen LogP contribution in [-0.4, -0.2) is 22.6 Å². The lowest BCUT2D eigenvalue weighted by atomic mass is 9.96. The van der Waals surface area contributed by atoms with Crippen molar-refractivity contribution in [2.45, 2.75) is 13.1 Å². The van der Waals surface area contributed by atoms with Crippen LogP contribution in [0.5, 0.6) is 0 Å². The molecule has 0 aliphatic heterocycles. The van der Waals surface area contributed by atoms with Crippen molar-refractivity contribution in [3.63, 3.8) is 0 Å². The standard InChI is InChI=1S/C30H22F3N3O3/c1-19(37)34-28-9-5-8-23(35-28)15-17-27(38)21-10-13-24(14-11-21)36-29(39)26-18-22(30(31,32)33)12-16-25(26)20-6-3-2-4-7-20/h2-18H,1H3,(H,36,39)(H,34,35,37)/b17-15+. The van der Waals surface area contributed by atoms with Crippen molar-refractivity contribution >= 4 is 35.2 Å². The average Bonchev–Trinajstić information content (AvgIpc) is 2.91. The number of halogens is 3. The van der Waals surface area contributed by atoms with Crippen LogP contribution in [0.4, 0.5) is 24.7 Å². The molecule has 0 aliphatic rings. The highest BCUT2D eigenvalue weighted by atomic mass is 19.4. The van der Waals surface area contributed by atoms with Crippen molar-refractivity contribution in [1.82, 2.24) is 4.98 Å². The zero-order valence-electron chi connectivity index (χ0n) is 20.6. The molecule has 4 rings (SSSR count). The second-order valence-corrected chi connectivity index (χ2v) is 8.48. The van der Waals surface area contributed by atoms with E-state index in [9.17, 15) is 27.6 Å². The van der Waals surface area contributed by atoms with Gasteiger partial charge >= 0.3 is 6.18 Å². The van der Waals surface area contributed by atoms with E-state index in [0.717, 1.165) is 12.1 Å². The molecule has 3 aromatic carbocycles. The molecule has 0 radical (unpaired) electrons. The van der Waals surface area contributed by atoms with Crippen LogP contribution in [0.15, 0.2) is 97.1 Å². The van der Waals surface area contributed by atoms with Crippen LogP contribution in [0.1, 0.15) is 38.9 Å².